The summed E-state index contributed by atoms with van der Waals surface area (Å²) >= 11 is 0. The van der Waals surface area contributed by atoms with Crippen molar-refractivity contribution in [2.45, 2.75) is 38.0 Å². The summed E-state index contributed by atoms with van der Waals surface area (Å²) in [7, 11) is 3.75. The molecule has 0 spiro atoms. The van der Waals surface area contributed by atoms with Crippen LogP contribution in [0.15, 0.2) is 18.3 Å². The van der Waals surface area contributed by atoms with E-state index in [1.54, 1.807) is 0 Å². The van der Waals surface area contributed by atoms with Crippen LogP contribution in [-0.4, -0.2) is 47.4 Å². The third-order valence-electron chi connectivity index (χ3n) is 4.15. The predicted octanol–water partition coefficient (Wildman–Crippen LogP) is 2.65. The fraction of sp³-hybridized carbons (Fsp3) is 0.588. The molecular formula is C17H27N7. The van der Waals surface area contributed by atoms with Crippen molar-refractivity contribution in [2.75, 3.05) is 37.4 Å². The Morgan fingerprint density at radius 2 is 1.88 bits per heavy atom. The van der Waals surface area contributed by atoms with Gasteiger partial charge >= 0.3 is 0 Å². The van der Waals surface area contributed by atoms with E-state index >= 15 is 0 Å². The Kier molecular flexibility index (Phi) is 5.63. The number of nitrogens with one attached hydrogen (secondary N) is 3. The molecular weight excluding hydrogens is 302 g/mol. The second kappa shape index (κ2) is 8.10. The standard InChI is InChI=1S/C15H20N6.C2H7N/c1-2-8-21(9-3-1)15-16-7-6-13(18-15)17-14-10-12(19-20-14)11-4-5-11;1-3-2/h6-7,10-11H,1-5,8-9H2,(H2,16,17,18,19,20);3H,1-2H3. The molecule has 1 saturated heterocycles. The lowest BCUT2D eigenvalue weighted by atomic mass is 10.1. The van der Waals surface area contributed by atoms with Gasteiger partial charge in [-0.2, -0.15) is 10.1 Å². The van der Waals surface area contributed by atoms with Crippen LogP contribution in [0.4, 0.5) is 17.6 Å². The van der Waals surface area contributed by atoms with Crippen LogP contribution in [0.1, 0.15) is 43.7 Å². The van der Waals surface area contributed by atoms with Crippen molar-refractivity contribution >= 4 is 17.6 Å². The number of aromatic amines is 1. The molecule has 7 heteroatoms. The molecule has 2 aliphatic rings. The van der Waals surface area contributed by atoms with Gasteiger partial charge in [0.05, 0.1) is 0 Å². The summed E-state index contributed by atoms with van der Waals surface area (Å²) in [6.07, 6.45) is 8.12. The second-order valence-corrected chi connectivity index (χ2v) is 6.40. The molecule has 4 rings (SSSR count). The van der Waals surface area contributed by atoms with E-state index < -0.39 is 0 Å². The smallest absolute Gasteiger partial charge is 0.227 e. The lowest BCUT2D eigenvalue weighted by Crippen LogP contribution is -2.31. The van der Waals surface area contributed by atoms with Crippen LogP contribution in [-0.2, 0) is 0 Å². The molecule has 130 valence electrons. The largest absolute Gasteiger partial charge is 0.341 e. The average Bonchev–Trinajstić information content (AvgIpc) is 3.37. The zero-order valence-electron chi connectivity index (χ0n) is 14.5. The zero-order chi connectivity index (χ0) is 16.8. The summed E-state index contributed by atoms with van der Waals surface area (Å²) in [5, 5.41) is 13.4. The molecule has 1 aliphatic carbocycles. The Bertz CT molecular complexity index is 629. The summed E-state index contributed by atoms with van der Waals surface area (Å²) in [6, 6.07) is 3.97. The van der Waals surface area contributed by atoms with Crippen molar-refractivity contribution in [3.63, 3.8) is 0 Å². The maximum Gasteiger partial charge on any atom is 0.227 e. The van der Waals surface area contributed by atoms with Gasteiger partial charge < -0.3 is 15.5 Å². The lowest BCUT2D eigenvalue weighted by molar-refractivity contribution is 0.568. The van der Waals surface area contributed by atoms with Crippen molar-refractivity contribution < 1.29 is 0 Å². The minimum Gasteiger partial charge on any atom is -0.341 e. The number of piperidine rings is 1. The quantitative estimate of drug-likeness (QED) is 0.800. The average molecular weight is 329 g/mol. The Labute approximate surface area is 143 Å². The molecule has 0 radical (unpaired) electrons. The van der Waals surface area contributed by atoms with Crippen LogP contribution in [0.3, 0.4) is 0 Å². The van der Waals surface area contributed by atoms with Gasteiger partial charge in [-0.05, 0) is 52.3 Å². The van der Waals surface area contributed by atoms with Crippen molar-refractivity contribution in [1.29, 1.82) is 0 Å². The fourth-order valence-corrected chi connectivity index (χ4v) is 2.80. The Morgan fingerprint density at radius 3 is 2.58 bits per heavy atom. The molecule has 0 aromatic carbocycles. The number of anilines is 3. The van der Waals surface area contributed by atoms with Crippen molar-refractivity contribution in [2.24, 2.45) is 0 Å². The van der Waals surface area contributed by atoms with E-state index in [0.29, 0.717) is 5.92 Å². The number of nitrogens with zero attached hydrogens (tertiary/aromatic N) is 4. The van der Waals surface area contributed by atoms with E-state index in [9.17, 15) is 0 Å². The van der Waals surface area contributed by atoms with Crippen LogP contribution in [0.5, 0.6) is 0 Å². The molecule has 0 atom stereocenters. The van der Waals surface area contributed by atoms with Gasteiger partial charge in [-0.1, -0.05) is 0 Å². The van der Waals surface area contributed by atoms with E-state index in [0.717, 1.165) is 30.7 Å². The van der Waals surface area contributed by atoms with Crippen molar-refractivity contribution in [3.8, 4) is 0 Å². The van der Waals surface area contributed by atoms with Gasteiger partial charge in [-0.15, -0.1) is 0 Å². The first kappa shape index (κ1) is 16.7. The minimum atomic E-state index is 0.683. The van der Waals surface area contributed by atoms with Crippen LogP contribution >= 0.6 is 0 Å². The number of rotatable bonds is 4. The van der Waals surface area contributed by atoms with E-state index in [1.807, 2.05) is 26.4 Å². The van der Waals surface area contributed by atoms with E-state index in [-0.39, 0.29) is 0 Å². The highest BCUT2D eigenvalue weighted by atomic mass is 15.3. The lowest BCUT2D eigenvalue weighted by Gasteiger charge is -2.26. The zero-order valence-corrected chi connectivity index (χ0v) is 14.5. The Balaban J connectivity index is 0.000000526. The Hall–Kier alpha value is -2.15. The van der Waals surface area contributed by atoms with Gasteiger partial charge in [0.15, 0.2) is 5.82 Å². The monoisotopic (exact) mass is 329 g/mol. The van der Waals surface area contributed by atoms with Gasteiger partial charge in [0.25, 0.3) is 0 Å². The highest BCUT2D eigenvalue weighted by molar-refractivity contribution is 5.53. The summed E-state index contributed by atoms with van der Waals surface area (Å²) in [5.74, 6) is 3.14. The molecule has 2 fully saturated rings. The third-order valence-corrected chi connectivity index (χ3v) is 4.15. The maximum atomic E-state index is 4.61. The first-order chi connectivity index (χ1) is 11.8. The molecule has 24 heavy (non-hydrogen) atoms. The van der Waals surface area contributed by atoms with Crippen LogP contribution in [0, 0.1) is 0 Å². The van der Waals surface area contributed by atoms with Gasteiger partial charge in [0.1, 0.15) is 5.82 Å². The minimum absolute atomic E-state index is 0.683. The highest BCUT2D eigenvalue weighted by Crippen LogP contribution is 2.39. The molecule has 1 aliphatic heterocycles. The molecule has 3 N–H and O–H groups in total. The number of aromatic nitrogens is 4. The number of H-pyrrole nitrogens is 1. The van der Waals surface area contributed by atoms with Gasteiger partial charge in [-0.25, -0.2) is 4.98 Å². The predicted molar refractivity (Wildman–Crippen MR) is 96.9 cm³/mol. The Morgan fingerprint density at radius 1 is 1.12 bits per heavy atom. The molecule has 2 aromatic rings. The molecule has 0 bridgehead atoms. The number of hydrogen-bond donors (Lipinski definition) is 3. The van der Waals surface area contributed by atoms with Crippen LogP contribution in [0.25, 0.3) is 0 Å². The topological polar surface area (TPSA) is 81.8 Å². The van der Waals surface area contributed by atoms with Crippen LogP contribution in [0.2, 0.25) is 0 Å². The molecule has 0 amide bonds. The second-order valence-electron chi connectivity index (χ2n) is 6.40. The summed E-state index contributed by atoms with van der Waals surface area (Å²) < 4.78 is 0. The first-order valence-electron chi connectivity index (χ1n) is 8.79. The number of hydrogen-bond acceptors (Lipinski definition) is 6. The third kappa shape index (κ3) is 4.44. The summed E-state index contributed by atoms with van der Waals surface area (Å²) in [6.45, 7) is 2.11. The van der Waals surface area contributed by atoms with Gasteiger partial charge in [0.2, 0.25) is 5.95 Å². The SMILES string of the molecule is CNC.c1cc(Nc2cc(C3CC3)[nH]n2)nc(N2CCCCC2)n1. The molecule has 0 unspecified atom stereocenters. The highest BCUT2D eigenvalue weighted by Gasteiger charge is 2.25. The van der Waals surface area contributed by atoms with Crippen LogP contribution < -0.4 is 15.5 Å². The molecule has 2 aromatic heterocycles. The van der Waals surface area contributed by atoms with Crippen molar-refractivity contribution in [1.82, 2.24) is 25.5 Å². The van der Waals surface area contributed by atoms with E-state index in [4.69, 9.17) is 0 Å². The normalized spacial score (nSPS) is 17.2. The molecule has 7 nitrogen and oxygen atoms in total. The summed E-state index contributed by atoms with van der Waals surface area (Å²) in [5.41, 5.74) is 1.22. The van der Waals surface area contributed by atoms with Gasteiger partial charge in [-0.3, -0.25) is 5.10 Å². The molecule has 3 heterocycles. The fourth-order valence-electron chi connectivity index (χ4n) is 2.80. The van der Waals surface area contributed by atoms with E-state index in [2.05, 4.69) is 41.8 Å². The van der Waals surface area contributed by atoms with Crippen molar-refractivity contribution in [3.05, 3.63) is 24.0 Å². The van der Waals surface area contributed by atoms with E-state index in [1.165, 1.54) is 37.8 Å². The molecule has 1 saturated carbocycles. The van der Waals surface area contributed by atoms with Gasteiger partial charge in [0, 0.05) is 37.0 Å². The first-order valence-corrected chi connectivity index (χ1v) is 8.79. The maximum absolute atomic E-state index is 4.61. The summed E-state index contributed by atoms with van der Waals surface area (Å²) in [4.78, 5) is 11.3.